The van der Waals surface area contributed by atoms with Crippen molar-refractivity contribution in [2.24, 2.45) is 0 Å². The number of nitrogens with zero attached hydrogens (tertiary/aromatic N) is 1. The summed E-state index contributed by atoms with van der Waals surface area (Å²) in [5.41, 5.74) is 3.99. The number of benzene rings is 1. The highest BCUT2D eigenvalue weighted by molar-refractivity contribution is 5.90. The van der Waals surface area contributed by atoms with E-state index in [2.05, 4.69) is 15.5 Å². The molecule has 18 heavy (non-hydrogen) atoms. The quantitative estimate of drug-likeness (QED) is 0.867. The van der Waals surface area contributed by atoms with E-state index in [1.54, 1.807) is 0 Å². The molecule has 0 fully saturated rings. The number of nitrogens with one attached hydrogen (secondary N) is 2. The van der Waals surface area contributed by atoms with Gasteiger partial charge in [0.25, 0.3) is 0 Å². The third kappa shape index (κ3) is 2.97. The Morgan fingerprint density at radius 3 is 2.61 bits per heavy atom. The Labute approximate surface area is 106 Å². The lowest BCUT2D eigenvalue weighted by Crippen LogP contribution is -2.12. The van der Waals surface area contributed by atoms with Gasteiger partial charge in [0.05, 0.1) is 5.69 Å². The van der Waals surface area contributed by atoms with E-state index in [-0.39, 0.29) is 5.91 Å². The van der Waals surface area contributed by atoms with Crippen molar-refractivity contribution in [1.29, 1.82) is 0 Å². The fraction of sp³-hybridized carbons (Fsp3) is 0.286. The van der Waals surface area contributed by atoms with Crippen LogP contribution in [0.5, 0.6) is 0 Å². The Morgan fingerprint density at radius 1 is 1.28 bits per heavy atom. The van der Waals surface area contributed by atoms with Crippen molar-refractivity contribution in [2.45, 2.75) is 26.7 Å². The summed E-state index contributed by atoms with van der Waals surface area (Å²) in [6.45, 7) is 3.93. The molecule has 1 aromatic heterocycles. The Morgan fingerprint density at radius 2 is 2.00 bits per heavy atom. The summed E-state index contributed by atoms with van der Waals surface area (Å²) in [5, 5.41) is 9.92. The smallest absolute Gasteiger partial charge is 0.224 e. The van der Waals surface area contributed by atoms with Crippen LogP contribution in [-0.4, -0.2) is 16.1 Å². The predicted molar refractivity (Wildman–Crippen MR) is 71.5 cm³/mol. The van der Waals surface area contributed by atoms with Gasteiger partial charge in [-0.3, -0.25) is 9.89 Å². The summed E-state index contributed by atoms with van der Waals surface area (Å²) >= 11 is 0. The first kappa shape index (κ1) is 12.4. The molecule has 0 aliphatic carbocycles. The summed E-state index contributed by atoms with van der Waals surface area (Å²) in [7, 11) is 0. The van der Waals surface area contributed by atoms with E-state index in [1.807, 2.05) is 44.2 Å². The molecule has 94 valence electrons. The molecule has 0 bridgehead atoms. The van der Waals surface area contributed by atoms with Crippen LogP contribution >= 0.6 is 0 Å². The summed E-state index contributed by atoms with van der Waals surface area (Å²) in [4.78, 5) is 11.8. The third-order valence-electron chi connectivity index (χ3n) is 2.94. The SMILES string of the molecule is Cc1n[nH]c(C)c1CCC(=O)Nc1ccccc1. The number of hydrogen-bond donors (Lipinski definition) is 2. The normalized spacial score (nSPS) is 10.3. The summed E-state index contributed by atoms with van der Waals surface area (Å²) in [5.74, 6) is 0.0289. The van der Waals surface area contributed by atoms with E-state index in [0.29, 0.717) is 12.8 Å². The maximum atomic E-state index is 11.8. The molecule has 1 aromatic carbocycles. The van der Waals surface area contributed by atoms with Crippen LogP contribution in [0.3, 0.4) is 0 Å². The molecule has 0 aliphatic rings. The first-order valence-corrected chi connectivity index (χ1v) is 6.02. The molecule has 0 aliphatic heterocycles. The fourth-order valence-electron chi connectivity index (χ4n) is 1.93. The molecule has 0 radical (unpaired) electrons. The van der Waals surface area contributed by atoms with Gasteiger partial charge < -0.3 is 5.32 Å². The number of aromatic nitrogens is 2. The van der Waals surface area contributed by atoms with Crippen LogP contribution in [-0.2, 0) is 11.2 Å². The standard InChI is InChI=1S/C14H17N3O/c1-10-13(11(2)17-16-10)8-9-14(18)15-12-6-4-3-5-7-12/h3-7H,8-9H2,1-2H3,(H,15,18)(H,16,17). The van der Waals surface area contributed by atoms with E-state index in [9.17, 15) is 4.79 Å². The largest absolute Gasteiger partial charge is 0.326 e. The zero-order valence-corrected chi connectivity index (χ0v) is 10.7. The average molecular weight is 243 g/mol. The van der Waals surface area contributed by atoms with Gasteiger partial charge in [0.2, 0.25) is 5.91 Å². The maximum Gasteiger partial charge on any atom is 0.224 e. The molecule has 2 rings (SSSR count). The average Bonchev–Trinajstić information content (AvgIpc) is 2.68. The minimum atomic E-state index is 0.0289. The molecule has 0 spiro atoms. The Bertz CT molecular complexity index is 512. The summed E-state index contributed by atoms with van der Waals surface area (Å²) < 4.78 is 0. The molecule has 2 aromatic rings. The van der Waals surface area contributed by atoms with E-state index in [4.69, 9.17) is 0 Å². The number of hydrogen-bond acceptors (Lipinski definition) is 2. The van der Waals surface area contributed by atoms with E-state index >= 15 is 0 Å². The summed E-state index contributed by atoms with van der Waals surface area (Å²) in [6.07, 6.45) is 1.18. The van der Waals surface area contributed by atoms with Crippen LogP contribution in [0.25, 0.3) is 0 Å². The van der Waals surface area contributed by atoms with Gasteiger partial charge in [0, 0.05) is 17.8 Å². The highest BCUT2D eigenvalue weighted by Gasteiger charge is 2.09. The Kier molecular flexibility index (Phi) is 3.77. The lowest BCUT2D eigenvalue weighted by atomic mass is 10.1. The number of H-pyrrole nitrogens is 1. The minimum Gasteiger partial charge on any atom is -0.326 e. The van der Waals surface area contributed by atoms with Crippen LogP contribution in [0.15, 0.2) is 30.3 Å². The van der Waals surface area contributed by atoms with Crippen molar-refractivity contribution >= 4 is 11.6 Å². The number of aromatic amines is 1. The van der Waals surface area contributed by atoms with Crippen molar-refractivity contribution in [3.8, 4) is 0 Å². The molecular formula is C14H17N3O. The van der Waals surface area contributed by atoms with Gasteiger partial charge in [-0.15, -0.1) is 0 Å². The second-order valence-electron chi connectivity index (χ2n) is 4.33. The van der Waals surface area contributed by atoms with Crippen LogP contribution < -0.4 is 5.32 Å². The summed E-state index contributed by atoms with van der Waals surface area (Å²) in [6, 6.07) is 9.49. The minimum absolute atomic E-state index is 0.0289. The Hall–Kier alpha value is -2.10. The zero-order chi connectivity index (χ0) is 13.0. The third-order valence-corrected chi connectivity index (χ3v) is 2.94. The van der Waals surface area contributed by atoms with Crippen LogP contribution in [0.4, 0.5) is 5.69 Å². The van der Waals surface area contributed by atoms with Gasteiger partial charge in [-0.2, -0.15) is 5.10 Å². The topological polar surface area (TPSA) is 57.8 Å². The monoisotopic (exact) mass is 243 g/mol. The van der Waals surface area contributed by atoms with Crippen molar-refractivity contribution in [3.05, 3.63) is 47.3 Å². The second-order valence-corrected chi connectivity index (χ2v) is 4.33. The van der Waals surface area contributed by atoms with Gasteiger partial charge in [-0.25, -0.2) is 0 Å². The van der Waals surface area contributed by atoms with Crippen LogP contribution in [0.1, 0.15) is 23.4 Å². The molecule has 4 heteroatoms. The van der Waals surface area contributed by atoms with Gasteiger partial charge in [-0.1, -0.05) is 18.2 Å². The molecule has 1 heterocycles. The zero-order valence-electron chi connectivity index (χ0n) is 10.7. The van der Waals surface area contributed by atoms with Gasteiger partial charge in [-0.05, 0) is 38.0 Å². The number of para-hydroxylation sites is 1. The first-order valence-electron chi connectivity index (χ1n) is 6.02. The van der Waals surface area contributed by atoms with Crippen molar-refractivity contribution in [2.75, 3.05) is 5.32 Å². The number of carbonyl (C=O) groups excluding carboxylic acids is 1. The molecule has 0 unspecified atom stereocenters. The van der Waals surface area contributed by atoms with Crippen molar-refractivity contribution in [1.82, 2.24) is 10.2 Å². The number of carbonyl (C=O) groups is 1. The lowest BCUT2D eigenvalue weighted by molar-refractivity contribution is -0.116. The molecular weight excluding hydrogens is 226 g/mol. The van der Waals surface area contributed by atoms with Crippen LogP contribution in [0, 0.1) is 13.8 Å². The molecule has 0 saturated heterocycles. The van der Waals surface area contributed by atoms with Gasteiger partial charge in [0.1, 0.15) is 0 Å². The van der Waals surface area contributed by atoms with Crippen LogP contribution in [0.2, 0.25) is 0 Å². The molecule has 0 atom stereocenters. The second kappa shape index (κ2) is 5.49. The van der Waals surface area contributed by atoms with E-state index in [1.165, 1.54) is 0 Å². The number of aryl methyl sites for hydroxylation is 2. The number of anilines is 1. The molecule has 4 nitrogen and oxygen atoms in total. The van der Waals surface area contributed by atoms with E-state index < -0.39 is 0 Å². The van der Waals surface area contributed by atoms with Crippen molar-refractivity contribution < 1.29 is 4.79 Å². The lowest BCUT2D eigenvalue weighted by Gasteiger charge is -2.05. The predicted octanol–water partition coefficient (Wildman–Crippen LogP) is 2.60. The van der Waals surface area contributed by atoms with E-state index in [0.717, 1.165) is 22.6 Å². The van der Waals surface area contributed by atoms with Gasteiger partial charge >= 0.3 is 0 Å². The number of rotatable bonds is 4. The first-order chi connectivity index (χ1) is 8.66. The van der Waals surface area contributed by atoms with Crippen molar-refractivity contribution in [3.63, 3.8) is 0 Å². The molecule has 1 amide bonds. The fourth-order valence-corrected chi connectivity index (χ4v) is 1.93. The van der Waals surface area contributed by atoms with Gasteiger partial charge in [0.15, 0.2) is 0 Å². The molecule has 0 saturated carbocycles. The highest BCUT2D eigenvalue weighted by Crippen LogP contribution is 2.12. The molecule has 2 N–H and O–H groups in total. The number of amides is 1. The highest BCUT2D eigenvalue weighted by atomic mass is 16.1. The maximum absolute atomic E-state index is 11.8. The Balaban J connectivity index is 1.89.